The number of benzene rings is 1. The van der Waals surface area contributed by atoms with Gasteiger partial charge in [0.1, 0.15) is 5.82 Å². The maximum Gasteiger partial charge on any atom is 0.356 e. The summed E-state index contributed by atoms with van der Waals surface area (Å²) >= 11 is 7.21. The topological polar surface area (TPSA) is 55.1 Å². The molecule has 106 valence electrons. The van der Waals surface area contributed by atoms with Gasteiger partial charge in [0.05, 0.1) is 20.6 Å². The Morgan fingerprint density at radius 3 is 2.71 bits per heavy atom. The third kappa shape index (κ3) is 2.68. The number of carboxylic acids is 1. The average molecular weight is 323 g/mol. The molecule has 0 bridgehead atoms. The van der Waals surface area contributed by atoms with Crippen LogP contribution in [0.5, 0.6) is 0 Å². The lowest BCUT2D eigenvalue weighted by atomic mass is 10.2. The molecule has 4 nitrogen and oxygen atoms in total. The zero-order valence-electron chi connectivity index (χ0n) is 10.5. The van der Waals surface area contributed by atoms with Crippen molar-refractivity contribution >= 4 is 28.9 Å². The van der Waals surface area contributed by atoms with Gasteiger partial charge in [0.2, 0.25) is 0 Å². The molecule has 0 aliphatic rings. The van der Waals surface area contributed by atoms with Gasteiger partial charge in [-0.2, -0.15) is 5.10 Å². The van der Waals surface area contributed by atoms with Gasteiger partial charge in [-0.15, -0.1) is 11.3 Å². The van der Waals surface area contributed by atoms with Crippen LogP contribution in [-0.2, 0) is 0 Å². The molecule has 1 N–H and O–H groups in total. The minimum absolute atomic E-state index is 0.112. The van der Waals surface area contributed by atoms with E-state index in [1.54, 1.807) is 18.2 Å². The number of carbonyl (C=O) groups is 1. The second-order valence-electron chi connectivity index (χ2n) is 4.22. The minimum atomic E-state index is -1.14. The predicted octanol–water partition coefficient (Wildman–Crippen LogP) is 4.09. The van der Waals surface area contributed by atoms with Crippen LogP contribution in [0.1, 0.15) is 10.5 Å². The Hall–Kier alpha value is -2.18. The summed E-state index contributed by atoms with van der Waals surface area (Å²) < 4.78 is 15.4. The molecule has 0 saturated carbocycles. The van der Waals surface area contributed by atoms with Crippen LogP contribution >= 0.6 is 22.9 Å². The van der Waals surface area contributed by atoms with Crippen molar-refractivity contribution in [1.82, 2.24) is 9.78 Å². The Bertz CT molecular complexity index is 828. The Labute approximate surface area is 128 Å². The number of hydrogen-bond donors (Lipinski definition) is 1. The van der Waals surface area contributed by atoms with Crippen molar-refractivity contribution in [3.8, 4) is 16.3 Å². The first-order valence-electron chi connectivity index (χ1n) is 5.89. The summed E-state index contributed by atoms with van der Waals surface area (Å²) in [6.07, 6.45) is 0. The molecule has 0 amide bonds. The van der Waals surface area contributed by atoms with Crippen molar-refractivity contribution in [2.75, 3.05) is 0 Å². The molecule has 0 atom stereocenters. The molecule has 7 heteroatoms. The molecule has 2 aromatic heterocycles. The Kier molecular flexibility index (Phi) is 3.48. The van der Waals surface area contributed by atoms with Gasteiger partial charge in [0, 0.05) is 6.07 Å². The molecule has 0 unspecified atom stereocenters. The van der Waals surface area contributed by atoms with Crippen molar-refractivity contribution in [1.29, 1.82) is 0 Å². The number of aromatic carboxylic acids is 1. The summed E-state index contributed by atoms with van der Waals surface area (Å²) in [6, 6.07) is 10.7. The van der Waals surface area contributed by atoms with Crippen LogP contribution in [0.15, 0.2) is 42.5 Å². The van der Waals surface area contributed by atoms with Crippen molar-refractivity contribution in [2.45, 2.75) is 0 Å². The molecular weight excluding hydrogens is 315 g/mol. The summed E-state index contributed by atoms with van der Waals surface area (Å²) in [5.41, 5.74) is 0.885. The maximum absolute atomic E-state index is 13.4. The smallest absolute Gasteiger partial charge is 0.356 e. The standard InChI is InChI=1S/C14H8ClFN2O2S/c15-13-5-4-12(21-13)11-7-10(14(19)20)17-18(11)9-3-1-2-8(16)6-9/h1-7H,(H,19,20). The first-order chi connectivity index (χ1) is 10.0. The largest absolute Gasteiger partial charge is 0.476 e. The highest BCUT2D eigenvalue weighted by atomic mass is 35.5. The second-order valence-corrected chi connectivity index (χ2v) is 5.93. The number of nitrogens with zero attached hydrogens (tertiary/aromatic N) is 2. The normalized spacial score (nSPS) is 10.8. The van der Waals surface area contributed by atoms with E-state index in [1.165, 1.54) is 40.3 Å². The van der Waals surface area contributed by atoms with Crippen LogP contribution in [0, 0.1) is 5.82 Å². The van der Waals surface area contributed by atoms with E-state index in [0.29, 0.717) is 15.7 Å². The molecule has 0 aliphatic heterocycles. The van der Waals surface area contributed by atoms with E-state index in [9.17, 15) is 9.18 Å². The molecule has 2 heterocycles. The summed E-state index contributed by atoms with van der Waals surface area (Å²) in [4.78, 5) is 11.9. The fourth-order valence-corrected chi connectivity index (χ4v) is 2.96. The van der Waals surface area contributed by atoms with Gasteiger partial charge < -0.3 is 5.11 Å². The van der Waals surface area contributed by atoms with Crippen molar-refractivity contribution in [3.05, 3.63) is 58.3 Å². The first kappa shape index (κ1) is 13.8. The van der Waals surface area contributed by atoms with Crippen molar-refractivity contribution in [3.63, 3.8) is 0 Å². The third-order valence-electron chi connectivity index (χ3n) is 2.81. The van der Waals surface area contributed by atoms with Gasteiger partial charge in [-0.1, -0.05) is 17.7 Å². The van der Waals surface area contributed by atoms with E-state index in [2.05, 4.69) is 5.10 Å². The van der Waals surface area contributed by atoms with E-state index < -0.39 is 11.8 Å². The Morgan fingerprint density at radius 1 is 1.29 bits per heavy atom. The highest BCUT2D eigenvalue weighted by molar-refractivity contribution is 7.19. The lowest BCUT2D eigenvalue weighted by molar-refractivity contribution is 0.0690. The van der Waals surface area contributed by atoms with Gasteiger partial charge >= 0.3 is 5.97 Å². The lowest BCUT2D eigenvalue weighted by Crippen LogP contribution is -2.02. The zero-order chi connectivity index (χ0) is 15.0. The quantitative estimate of drug-likeness (QED) is 0.790. The third-order valence-corrected chi connectivity index (χ3v) is 4.06. The van der Waals surface area contributed by atoms with Crippen LogP contribution in [-0.4, -0.2) is 20.9 Å². The van der Waals surface area contributed by atoms with Crippen LogP contribution < -0.4 is 0 Å². The number of hydrogen-bond acceptors (Lipinski definition) is 3. The fourth-order valence-electron chi connectivity index (χ4n) is 1.92. The molecule has 0 saturated heterocycles. The minimum Gasteiger partial charge on any atom is -0.476 e. The molecule has 0 aliphatic carbocycles. The highest BCUT2D eigenvalue weighted by Gasteiger charge is 2.17. The Balaban J connectivity index is 2.21. The van der Waals surface area contributed by atoms with Crippen LogP contribution in [0.2, 0.25) is 4.34 Å². The predicted molar refractivity (Wildman–Crippen MR) is 78.8 cm³/mol. The van der Waals surface area contributed by atoms with Crippen molar-refractivity contribution < 1.29 is 14.3 Å². The lowest BCUT2D eigenvalue weighted by Gasteiger charge is -2.05. The molecule has 0 spiro atoms. The molecule has 3 aromatic rings. The molecule has 21 heavy (non-hydrogen) atoms. The van der Waals surface area contributed by atoms with Crippen LogP contribution in [0.25, 0.3) is 16.3 Å². The second kappa shape index (κ2) is 5.31. The molecule has 0 radical (unpaired) electrons. The van der Waals surface area contributed by atoms with Gasteiger partial charge in [-0.3, -0.25) is 0 Å². The summed E-state index contributed by atoms with van der Waals surface area (Å²) in [5.74, 6) is -1.57. The van der Waals surface area contributed by atoms with Crippen molar-refractivity contribution in [2.24, 2.45) is 0 Å². The van der Waals surface area contributed by atoms with Gasteiger partial charge in [-0.05, 0) is 30.3 Å². The number of aromatic nitrogens is 2. The maximum atomic E-state index is 13.4. The summed E-state index contributed by atoms with van der Waals surface area (Å²) in [6.45, 7) is 0. The monoisotopic (exact) mass is 322 g/mol. The zero-order valence-corrected chi connectivity index (χ0v) is 12.0. The number of rotatable bonds is 3. The van der Waals surface area contributed by atoms with Crippen LogP contribution in [0.4, 0.5) is 4.39 Å². The van der Waals surface area contributed by atoms with E-state index in [1.807, 2.05) is 0 Å². The molecule has 3 rings (SSSR count). The van der Waals surface area contributed by atoms with Gasteiger partial charge in [0.15, 0.2) is 5.69 Å². The molecule has 1 aromatic carbocycles. The van der Waals surface area contributed by atoms with E-state index in [0.717, 1.165) is 4.88 Å². The number of carboxylic acid groups (broad SMARTS) is 1. The SMILES string of the molecule is O=C(O)c1cc(-c2ccc(Cl)s2)n(-c2cccc(F)c2)n1. The Morgan fingerprint density at radius 2 is 2.10 bits per heavy atom. The summed E-state index contributed by atoms with van der Waals surface area (Å²) in [7, 11) is 0. The number of thiophene rings is 1. The fraction of sp³-hybridized carbons (Fsp3) is 0. The van der Waals surface area contributed by atoms with E-state index >= 15 is 0 Å². The average Bonchev–Trinajstić information content (AvgIpc) is 3.04. The van der Waals surface area contributed by atoms with E-state index in [-0.39, 0.29) is 5.69 Å². The van der Waals surface area contributed by atoms with E-state index in [4.69, 9.17) is 16.7 Å². The highest BCUT2D eigenvalue weighted by Crippen LogP contribution is 2.32. The van der Waals surface area contributed by atoms with Crippen LogP contribution in [0.3, 0.4) is 0 Å². The van der Waals surface area contributed by atoms with Gasteiger partial charge in [-0.25, -0.2) is 13.9 Å². The first-order valence-corrected chi connectivity index (χ1v) is 7.09. The molecular formula is C14H8ClFN2O2S. The summed E-state index contributed by atoms with van der Waals surface area (Å²) in [5, 5.41) is 13.1. The molecule has 0 fully saturated rings. The number of halogens is 2. The van der Waals surface area contributed by atoms with Gasteiger partial charge in [0.25, 0.3) is 0 Å².